The van der Waals surface area contributed by atoms with Crippen LogP contribution < -0.4 is 5.32 Å². The summed E-state index contributed by atoms with van der Waals surface area (Å²) < 4.78 is 13.6. The quantitative estimate of drug-likeness (QED) is 0.507. The van der Waals surface area contributed by atoms with Crippen molar-refractivity contribution in [1.29, 1.82) is 0 Å². The minimum atomic E-state index is -0.932. The van der Waals surface area contributed by atoms with E-state index < -0.39 is 28.4 Å². The van der Waals surface area contributed by atoms with Gasteiger partial charge in [-0.1, -0.05) is 13.0 Å². The summed E-state index contributed by atoms with van der Waals surface area (Å²) >= 11 is 0. The van der Waals surface area contributed by atoms with E-state index in [2.05, 4.69) is 5.32 Å². The Kier molecular flexibility index (Phi) is 4.27. The van der Waals surface area contributed by atoms with E-state index in [9.17, 15) is 24.1 Å². The normalized spacial score (nSPS) is 19.4. The van der Waals surface area contributed by atoms with Gasteiger partial charge < -0.3 is 0 Å². The van der Waals surface area contributed by atoms with Crippen LogP contribution in [0.15, 0.2) is 18.2 Å². The van der Waals surface area contributed by atoms with Crippen LogP contribution in [0.2, 0.25) is 0 Å². The van der Waals surface area contributed by atoms with Gasteiger partial charge in [0.1, 0.15) is 0 Å². The van der Waals surface area contributed by atoms with Gasteiger partial charge >= 0.3 is 5.69 Å². The largest absolute Gasteiger partial charge is 0.304 e. The number of carbonyl (C=O) groups excluding carboxylic acids is 2. The summed E-state index contributed by atoms with van der Waals surface area (Å²) in [7, 11) is 0. The Morgan fingerprint density at radius 3 is 2.76 bits per heavy atom. The monoisotopic (exact) mass is 295 g/mol. The van der Waals surface area contributed by atoms with Gasteiger partial charge in [0.2, 0.25) is 17.6 Å². The third-order valence-electron chi connectivity index (χ3n) is 3.33. The molecule has 21 heavy (non-hydrogen) atoms. The van der Waals surface area contributed by atoms with E-state index >= 15 is 0 Å². The number of nitrogens with one attached hydrogen (secondary N) is 1. The minimum Gasteiger partial charge on any atom is -0.294 e. The highest BCUT2D eigenvalue weighted by atomic mass is 19.1. The Labute approximate surface area is 119 Å². The van der Waals surface area contributed by atoms with Crippen LogP contribution in [0.1, 0.15) is 18.9 Å². The van der Waals surface area contributed by atoms with E-state index in [-0.39, 0.29) is 19.0 Å². The Hall–Kier alpha value is -2.35. The molecule has 1 unspecified atom stereocenters. The summed E-state index contributed by atoms with van der Waals surface area (Å²) in [5, 5.41) is 12.8. The molecule has 0 spiro atoms. The number of benzene rings is 1. The molecule has 8 heteroatoms. The maximum atomic E-state index is 13.6. The topological polar surface area (TPSA) is 92.6 Å². The van der Waals surface area contributed by atoms with E-state index in [1.807, 2.05) is 6.92 Å². The molecule has 0 aliphatic carbocycles. The predicted octanol–water partition coefficient (Wildman–Crippen LogP) is 0.971. The molecule has 1 atom stereocenters. The number of imide groups is 1. The number of hydrogen-bond acceptors (Lipinski definition) is 5. The van der Waals surface area contributed by atoms with Crippen molar-refractivity contribution in [2.75, 3.05) is 6.54 Å². The van der Waals surface area contributed by atoms with Crippen molar-refractivity contribution in [1.82, 2.24) is 10.2 Å². The molecule has 0 bridgehead atoms. The number of piperazine rings is 1. The number of nitrogens with zero attached hydrogens (tertiary/aromatic N) is 2. The highest BCUT2D eigenvalue weighted by molar-refractivity contribution is 6.01. The first kappa shape index (κ1) is 15.0. The molecule has 2 amide bonds. The number of halogens is 1. The third-order valence-corrected chi connectivity index (χ3v) is 3.33. The molecule has 1 fully saturated rings. The van der Waals surface area contributed by atoms with Crippen LogP contribution in [0.4, 0.5) is 10.1 Å². The Morgan fingerprint density at radius 2 is 2.19 bits per heavy atom. The number of nitro groups is 1. The number of carbonyl (C=O) groups is 2. The second-order valence-electron chi connectivity index (χ2n) is 4.78. The fourth-order valence-electron chi connectivity index (χ4n) is 2.36. The van der Waals surface area contributed by atoms with Gasteiger partial charge in [-0.25, -0.2) is 0 Å². The van der Waals surface area contributed by atoms with E-state index in [1.165, 1.54) is 6.07 Å². The van der Waals surface area contributed by atoms with Gasteiger partial charge in [0, 0.05) is 12.6 Å². The molecule has 1 saturated heterocycles. The van der Waals surface area contributed by atoms with Gasteiger partial charge in [-0.2, -0.15) is 4.39 Å². The molecule has 7 nitrogen and oxygen atoms in total. The van der Waals surface area contributed by atoms with Crippen molar-refractivity contribution in [3.05, 3.63) is 39.7 Å². The lowest BCUT2D eigenvalue weighted by atomic mass is 10.1. The molecule has 1 aromatic rings. The van der Waals surface area contributed by atoms with E-state index in [0.717, 1.165) is 12.1 Å². The van der Waals surface area contributed by atoms with Gasteiger partial charge in [-0.15, -0.1) is 0 Å². The van der Waals surface area contributed by atoms with Crippen LogP contribution in [-0.4, -0.2) is 34.2 Å². The van der Waals surface area contributed by atoms with Gasteiger partial charge in [0.15, 0.2) is 0 Å². The number of hydrogen-bond donors (Lipinski definition) is 1. The van der Waals surface area contributed by atoms with E-state index in [4.69, 9.17) is 0 Å². The Balaban J connectivity index is 2.20. The molecule has 0 aromatic heterocycles. The molecule has 0 radical (unpaired) electrons. The molecule has 1 heterocycles. The van der Waals surface area contributed by atoms with Gasteiger partial charge in [0.05, 0.1) is 17.5 Å². The lowest BCUT2D eigenvalue weighted by Gasteiger charge is -2.33. The van der Waals surface area contributed by atoms with Crippen LogP contribution >= 0.6 is 0 Å². The van der Waals surface area contributed by atoms with Crippen molar-refractivity contribution in [2.24, 2.45) is 0 Å². The second-order valence-corrected chi connectivity index (χ2v) is 4.78. The molecular formula is C13H14FN3O4. The summed E-state index contributed by atoms with van der Waals surface area (Å²) in [5.41, 5.74) is -0.127. The maximum Gasteiger partial charge on any atom is 0.304 e. The van der Waals surface area contributed by atoms with Gasteiger partial charge in [-0.05, 0) is 18.1 Å². The second kappa shape index (κ2) is 5.96. The first-order chi connectivity index (χ1) is 9.92. The van der Waals surface area contributed by atoms with E-state index in [1.54, 1.807) is 4.90 Å². The summed E-state index contributed by atoms with van der Waals surface area (Å²) in [6.07, 6.45) is 0.509. The van der Waals surface area contributed by atoms with Crippen molar-refractivity contribution < 1.29 is 18.9 Å². The highest BCUT2D eigenvalue weighted by Gasteiger charge is 2.32. The first-order valence-corrected chi connectivity index (χ1v) is 6.43. The van der Waals surface area contributed by atoms with Gasteiger partial charge in [0.25, 0.3) is 0 Å². The van der Waals surface area contributed by atoms with Crippen molar-refractivity contribution in [3.63, 3.8) is 0 Å². The third kappa shape index (κ3) is 3.22. The molecule has 0 saturated carbocycles. The summed E-state index contributed by atoms with van der Waals surface area (Å²) in [4.78, 5) is 34.5. The zero-order valence-corrected chi connectivity index (χ0v) is 11.3. The average Bonchev–Trinajstić information content (AvgIpc) is 2.37. The predicted molar refractivity (Wildman–Crippen MR) is 70.7 cm³/mol. The zero-order chi connectivity index (χ0) is 15.6. The standard InChI is InChI=1S/C13H14FN3O4/c1-2-10-13(19)15-12(18)7-16(10)6-8-3-4-11(17(20)21)9(14)5-8/h3-5,10H,2,6-7H2,1H3,(H,15,18,19). The molecular weight excluding hydrogens is 281 g/mol. The van der Waals surface area contributed by atoms with Crippen LogP contribution in [0, 0.1) is 15.9 Å². The summed E-state index contributed by atoms with van der Waals surface area (Å²) in [6.45, 7) is 2.01. The lowest BCUT2D eigenvalue weighted by molar-refractivity contribution is -0.387. The van der Waals surface area contributed by atoms with Crippen LogP contribution in [-0.2, 0) is 16.1 Å². The molecule has 1 aromatic carbocycles. The Bertz CT molecular complexity index is 605. The van der Waals surface area contributed by atoms with Gasteiger partial charge in [-0.3, -0.25) is 29.9 Å². The molecule has 112 valence electrons. The molecule has 1 aliphatic heterocycles. The van der Waals surface area contributed by atoms with E-state index in [0.29, 0.717) is 12.0 Å². The van der Waals surface area contributed by atoms with Crippen LogP contribution in [0.25, 0.3) is 0 Å². The molecule has 2 rings (SSSR count). The number of rotatable bonds is 4. The molecule has 1 aliphatic rings. The smallest absolute Gasteiger partial charge is 0.294 e. The summed E-state index contributed by atoms with van der Waals surface area (Å²) in [5.74, 6) is -1.72. The van der Waals surface area contributed by atoms with Crippen molar-refractivity contribution in [3.8, 4) is 0 Å². The number of nitro benzene ring substituents is 1. The van der Waals surface area contributed by atoms with Crippen LogP contribution in [0.3, 0.4) is 0 Å². The van der Waals surface area contributed by atoms with Crippen molar-refractivity contribution >= 4 is 17.5 Å². The Morgan fingerprint density at radius 1 is 1.48 bits per heavy atom. The average molecular weight is 295 g/mol. The minimum absolute atomic E-state index is 0.0306. The molecule has 1 N–H and O–H groups in total. The fourth-order valence-corrected chi connectivity index (χ4v) is 2.36. The first-order valence-electron chi connectivity index (χ1n) is 6.43. The zero-order valence-electron chi connectivity index (χ0n) is 11.3. The lowest BCUT2D eigenvalue weighted by Crippen LogP contribution is -2.57. The number of amides is 2. The van der Waals surface area contributed by atoms with Crippen molar-refractivity contribution in [2.45, 2.75) is 25.9 Å². The fraction of sp³-hybridized carbons (Fsp3) is 0.385. The maximum absolute atomic E-state index is 13.6. The SMILES string of the molecule is CCC1C(=O)NC(=O)CN1Cc1ccc([N+](=O)[O-])c(F)c1. The highest BCUT2D eigenvalue weighted by Crippen LogP contribution is 2.20. The van der Waals surface area contributed by atoms with Crippen LogP contribution in [0.5, 0.6) is 0 Å². The summed E-state index contributed by atoms with van der Waals surface area (Å²) in [6, 6.07) is 3.09.